The zero-order valence-electron chi connectivity index (χ0n) is 48.9. The molecule has 0 aromatic carbocycles. The minimum absolute atomic E-state index is 0.00576. The lowest BCUT2D eigenvalue weighted by molar-refractivity contribution is -0.143. The smallest absolute Gasteiger partial charge is 0.305 e. The van der Waals surface area contributed by atoms with Crippen LogP contribution in [0, 0.1) is 0 Å². The third kappa shape index (κ3) is 57.9. The van der Waals surface area contributed by atoms with Crippen molar-refractivity contribution < 1.29 is 24.5 Å². The summed E-state index contributed by atoms with van der Waals surface area (Å²) in [6.07, 6.45) is 75.2. The second-order valence-corrected chi connectivity index (χ2v) is 22.8. The molecule has 0 fully saturated rings. The van der Waals surface area contributed by atoms with E-state index in [1.165, 1.54) is 270 Å². The third-order valence-corrected chi connectivity index (χ3v) is 15.6. The lowest BCUT2D eigenvalue weighted by Gasteiger charge is -2.22. The molecule has 428 valence electrons. The number of unbranched alkanes of at least 4 members (excludes halogenated alkanes) is 49. The Balaban J connectivity index is 3.44. The minimum Gasteiger partial charge on any atom is -0.466 e. The Bertz CT molecular complexity index is 1080. The summed E-state index contributed by atoms with van der Waals surface area (Å²) in [5.41, 5.74) is 0. The monoisotopic (exact) mass is 1020 g/mol. The number of aliphatic hydroxyl groups is 2. The van der Waals surface area contributed by atoms with Crippen LogP contribution in [0.15, 0.2) is 12.2 Å². The predicted octanol–water partition coefficient (Wildman–Crippen LogP) is 20.8. The Morgan fingerprint density at radius 1 is 0.375 bits per heavy atom. The fraction of sp³-hybridized carbons (Fsp3) is 0.939. The number of rotatable bonds is 62. The quantitative estimate of drug-likeness (QED) is 0.0320. The van der Waals surface area contributed by atoms with E-state index in [4.69, 9.17) is 4.74 Å². The molecule has 2 atom stereocenters. The van der Waals surface area contributed by atoms with Gasteiger partial charge in [0.2, 0.25) is 5.91 Å². The first-order chi connectivity index (χ1) is 35.5. The molecule has 0 aromatic rings. The third-order valence-electron chi connectivity index (χ3n) is 15.6. The van der Waals surface area contributed by atoms with Gasteiger partial charge in [-0.1, -0.05) is 321 Å². The molecule has 0 aromatic heterocycles. The molecule has 0 saturated carbocycles. The van der Waals surface area contributed by atoms with Gasteiger partial charge in [-0.15, -0.1) is 0 Å². The molecule has 0 radical (unpaired) electrons. The van der Waals surface area contributed by atoms with Crippen LogP contribution in [0.3, 0.4) is 0 Å². The number of ether oxygens (including phenoxy) is 1. The molecule has 0 bridgehead atoms. The van der Waals surface area contributed by atoms with Crippen molar-refractivity contribution in [1.29, 1.82) is 0 Å². The van der Waals surface area contributed by atoms with Crippen molar-refractivity contribution in [3.05, 3.63) is 12.2 Å². The van der Waals surface area contributed by atoms with Gasteiger partial charge in [0.05, 0.1) is 25.4 Å². The topological polar surface area (TPSA) is 95.9 Å². The first-order valence-corrected chi connectivity index (χ1v) is 32.9. The van der Waals surface area contributed by atoms with E-state index >= 15 is 0 Å². The Labute approximate surface area is 450 Å². The van der Waals surface area contributed by atoms with Crippen molar-refractivity contribution in [2.24, 2.45) is 0 Å². The van der Waals surface area contributed by atoms with Crippen LogP contribution in [0.25, 0.3) is 0 Å². The van der Waals surface area contributed by atoms with Crippen molar-refractivity contribution in [3.8, 4) is 0 Å². The van der Waals surface area contributed by atoms with Crippen LogP contribution in [0.5, 0.6) is 0 Å². The van der Waals surface area contributed by atoms with E-state index in [9.17, 15) is 19.8 Å². The second kappa shape index (κ2) is 62.1. The second-order valence-electron chi connectivity index (χ2n) is 22.8. The van der Waals surface area contributed by atoms with E-state index in [-0.39, 0.29) is 18.5 Å². The molecule has 6 nitrogen and oxygen atoms in total. The summed E-state index contributed by atoms with van der Waals surface area (Å²) in [5, 5.41) is 23.4. The molecule has 0 aliphatic carbocycles. The number of aliphatic hydroxyl groups excluding tert-OH is 2. The highest BCUT2D eigenvalue weighted by Gasteiger charge is 2.20. The van der Waals surface area contributed by atoms with Gasteiger partial charge in [-0.25, -0.2) is 0 Å². The van der Waals surface area contributed by atoms with E-state index < -0.39 is 12.1 Å². The maximum atomic E-state index is 12.5. The van der Waals surface area contributed by atoms with Gasteiger partial charge >= 0.3 is 5.97 Å². The van der Waals surface area contributed by atoms with Crippen molar-refractivity contribution >= 4 is 11.9 Å². The summed E-state index contributed by atoms with van der Waals surface area (Å²) in [6, 6.07) is -0.554. The molecule has 0 spiro atoms. The molecule has 0 rings (SSSR count). The fourth-order valence-electron chi connectivity index (χ4n) is 10.5. The van der Waals surface area contributed by atoms with Crippen LogP contribution in [-0.4, -0.2) is 47.4 Å². The van der Waals surface area contributed by atoms with E-state index in [1.807, 2.05) is 0 Å². The SMILES string of the molecule is CCCCCCCCCCCCCCCCCCCCCCCCCCCC(O)C(CO)NC(=O)CCCCCCCCC/C=C\CCCCCCOC(=O)CCCCCCCCCCCCCCCCC. The highest BCUT2D eigenvalue weighted by Crippen LogP contribution is 2.19. The van der Waals surface area contributed by atoms with Gasteiger partial charge in [-0.2, -0.15) is 0 Å². The average Bonchev–Trinajstić information content (AvgIpc) is 3.38. The molecule has 0 aliphatic rings. The first-order valence-electron chi connectivity index (χ1n) is 32.9. The molecule has 72 heavy (non-hydrogen) atoms. The van der Waals surface area contributed by atoms with Crippen LogP contribution < -0.4 is 5.32 Å². The largest absolute Gasteiger partial charge is 0.466 e. The highest BCUT2D eigenvalue weighted by atomic mass is 16.5. The van der Waals surface area contributed by atoms with Gasteiger partial charge in [-0.3, -0.25) is 9.59 Å². The minimum atomic E-state index is -0.675. The highest BCUT2D eigenvalue weighted by molar-refractivity contribution is 5.76. The number of hydrogen-bond donors (Lipinski definition) is 3. The van der Waals surface area contributed by atoms with E-state index in [1.54, 1.807) is 0 Å². The number of hydrogen-bond acceptors (Lipinski definition) is 5. The van der Waals surface area contributed by atoms with Gasteiger partial charge in [0.1, 0.15) is 0 Å². The Hall–Kier alpha value is -1.40. The molecule has 0 saturated heterocycles. The van der Waals surface area contributed by atoms with Gasteiger partial charge in [0.25, 0.3) is 0 Å². The molecular weight excluding hydrogens is 887 g/mol. The van der Waals surface area contributed by atoms with Crippen molar-refractivity contribution in [2.45, 2.75) is 386 Å². The number of nitrogens with one attached hydrogen (secondary N) is 1. The molecule has 0 aliphatic heterocycles. The first kappa shape index (κ1) is 70.6. The van der Waals surface area contributed by atoms with Crippen LogP contribution >= 0.6 is 0 Å². The lowest BCUT2D eigenvalue weighted by Crippen LogP contribution is -2.45. The Kier molecular flexibility index (Phi) is 60.9. The Morgan fingerprint density at radius 3 is 0.986 bits per heavy atom. The molecule has 2 unspecified atom stereocenters. The van der Waals surface area contributed by atoms with Crippen LogP contribution in [-0.2, 0) is 14.3 Å². The van der Waals surface area contributed by atoms with Crippen LogP contribution in [0.1, 0.15) is 373 Å². The molecular formula is C66H129NO5. The van der Waals surface area contributed by atoms with Gasteiger partial charge in [0, 0.05) is 12.8 Å². The normalized spacial score (nSPS) is 12.6. The summed E-state index contributed by atoms with van der Waals surface area (Å²) in [7, 11) is 0. The molecule has 0 heterocycles. The predicted molar refractivity (Wildman–Crippen MR) is 315 cm³/mol. The average molecular weight is 1020 g/mol. The van der Waals surface area contributed by atoms with E-state index in [2.05, 4.69) is 31.3 Å². The summed E-state index contributed by atoms with van der Waals surface area (Å²) in [5.74, 6) is -0.0510. The number of amides is 1. The maximum Gasteiger partial charge on any atom is 0.305 e. The standard InChI is InChI=1S/C66H129NO5/c1-3-5-7-9-11-13-15-17-19-20-21-22-23-24-25-26-27-28-31-34-38-42-46-50-54-58-64(69)63(62-68)67-65(70)59-55-51-47-43-39-35-32-29-33-37-41-45-49-53-57-61-72-66(71)60-56-52-48-44-40-36-30-18-16-14-12-10-8-6-4-2/h33,37,63-64,68-69H,3-32,34-36,38-62H2,1-2H3,(H,67,70)/b37-33-. The van der Waals surface area contributed by atoms with Crippen molar-refractivity contribution in [1.82, 2.24) is 5.32 Å². The van der Waals surface area contributed by atoms with E-state index in [0.29, 0.717) is 25.9 Å². The summed E-state index contributed by atoms with van der Waals surface area (Å²) < 4.78 is 5.47. The lowest BCUT2D eigenvalue weighted by atomic mass is 10.0. The molecule has 3 N–H and O–H groups in total. The van der Waals surface area contributed by atoms with E-state index in [0.717, 1.165) is 70.6 Å². The summed E-state index contributed by atoms with van der Waals surface area (Å²) in [6.45, 7) is 4.96. The van der Waals surface area contributed by atoms with Crippen molar-refractivity contribution in [3.63, 3.8) is 0 Å². The maximum absolute atomic E-state index is 12.5. The van der Waals surface area contributed by atoms with Gasteiger partial charge < -0.3 is 20.3 Å². The Morgan fingerprint density at radius 2 is 0.653 bits per heavy atom. The van der Waals surface area contributed by atoms with Crippen molar-refractivity contribution in [2.75, 3.05) is 13.2 Å². The van der Waals surface area contributed by atoms with Crippen LogP contribution in [0.4, 0.5) is 0 Å². The number of carbonyl (C=O) groups excluding carboxylic acids is 2. The van der Waals surface area contributed by atoms with Gasteiger partial charge in [0.15, 0.2) is 0 Å². The summed E-state index contributed by atoms with van der Waals surface area (Å²) >= 11 is 0. The fourth-order valence-corrected chi connectivity index (χ4v) is 10.5. The van der Waals surface area contributed by atoms with Crippen LogP contribution in [0.2, 0.25) is 0 Å². The summed E-state index contributed by atoms with van der Waals surface area (Å²) in [4.78, 5) is 24.6. The van der Waals surface area contributed by atoms with Gasteiger partial charge in [-0.05, 0) is 51.4 Å². The zero-order valence-corrected chi connectivity index (χ0v) is 48.9. The number of allylic oxidation sites excluding steroid dienone is 2. The number of esters is 1. The number of carbonyl (C=O) groups is 2. The molecule has 1 amide bonds. The zero-order chi connectivity index (χ0) is 52.2. The molecule has 6 heteroatoms.